The summed E-state index contributed by atoms with van der Waals surface area (Å²) in [5, 5.41) is 2.68. The summed E-state index contributed by atoms with van der Waals surface area (Å²) in [5.74, 6) is -1.24. The van der Waals surface area contributed by atoms with Crippen LogP contribution in [0.2, 0.25) is 0 Å². The highest BCUT2D eigenvalue weighted by molar-refractivity contribution is 7.91. The van der Waals surface area contributed by atoms with Gasteiger partial charge in [-0.15, -0.1) is 0 Å². The largest absolute Gasteiger partial charge is 0.417 e. The summed E-state index contributed by atoms with van der Waals surface area (Å²) < 4.78 is 102. The third-order valence-electron chi connectivity index (χ3n) is 5.48. The molecule has 1 aliphatic rings. The van der Waals surface area contributed by atoms with E-state index in [0.717, 1.165) is 30.3 Å². The van der Waals surface area contributed by atoms with Crippen LogP contribution in [0.15, 0.2) is 47.5 Å². The van der Waals surface area contributed by atoms with Gasteiger partial charge in [0, 0.05) is 12.2 Å². The molecule has 0 radical (unpaired) electrons. The molecule has 1 aromatic heterocycles. The zero-order valence-corrected chi connectivity index (χ0v) is 17.9. The summed E-state index contributed by atoms with van der Waals surface area (Å²) in [4.78, 5) is 15.4. The predicted molar refractivity (Wildman–Crippen MR) is 106 cm³/mol. The second-order valence-electron chi connectivity index (χ2n) is 7.93. The van der Waals surface area contributed by atoms with Gasteiger partial charge >= 0.3 is 12.4 Å². The van der Waals surface area contributed by atoms with Crippen LogP contribution in [0.1, 0.15) is 47.3 Å². The molecule has 0 unspecified atom stereocenters. The number of halogens is 6. The topological polar surface area (TPSA) is 76.1 Å². The molecule has 0 spiro atoms. The second-order valence-corrected chi connectivity index (χ2v) is 9.96. The Labute approximate surface area is 186 Å². The zero-order valence-electron chi connectivity index (χ0n) is 17.1. The molecule has 1 amide bonds. The number of hydrogen-bond acceptors (Lipinski definition) is 4. The van der Waals surface area contributed by atoms with Gasteiger partial charge in [-0.2, -0.15) is 26.3 Å². The van der Waals surface area contributed by atoms with E-state index in [9.17, 15) is 39.6 Å². The van der Waals surface area contributed by atoms with Crippen molar-refractivity contribution in [2.45, 2.75) is 49.0 Å². The minimum absolute atomic E-state index is 0.169. The van der Waals surface area contributed by atoms with Crippen LogP contribution in [0.3, 0.4) is 0 Å². The Bertz CT molecular complexity index is 1090. The number of sulfone groups is 1. The number of carbonyl (C=O) groups excluding carboxylic acids is 1. The number of amides is 1. The first-order chi connectivity index (χ1) is 15.3. The van der Waals surface area contributed by atoms with Crippen LogP contribution >= 0.6 is 0 Å². The molecule has 1 saturated carbocycles. The van der Waals surface area contributed by atoms with Crippen LogP contribution in [-0.4, -0.2) is 31.1 Å². The Balaban J connectivity index is 1.55. The molecular formula is C21H20F6N2O3S. The molecule has 1 heterocycles. The second kappa shape index (κ2) is 9.32. The monoisotopic (exact) mass is 494 g/mol. The lowest BCUT2D eigenvalue weighted by Gasteiger charge is -2.29. The molecule has 1 aliphatic carbocycles. The molecule has 12 heteroatoms. The molecule has 1 N–H and O–H groups in total. The molecular weight excluding hydrogens is 474 g/mol. The first-order valence-electron chi connectivity index (χ1n) is 10.00. The molecule has 0 aliphatic heterocycles. The Hall–Kier alpha value is -2.63. The van der Waals surface area contributed by atoms with Crippen molar-refractivity contribution in [2.75, 3.05) is 5.75 Å². The fraction of sp³-hybridized carbons (Fsp3) is 0.429. The highest BCUT2D eigenvalue weighted by Gasteiger charge is 2.33. The molecule has 180 valence electrons. The molecule has 3 rings (SSSR count). The summed E-state index contributed by atoms with van der Waals surface area (Å²) in [5.41, 5.74) is -2.18. The van der Waals surface area contributed by atoms with Gasteiger partial charge in [0.1, 0.15) is 5.69 Å². The van der Waals surface area contributed by atoms with Gasteiger partial charge in [-0.25, -0.2) is 8.42 Å². The van der Waals surface area contributed by atoms with Gasteiger partial charge in [0.15, 0.2) is 9.84 Å². The van der Waals surface area contributed by atoms with Crippen LogP contribution in [0.25, 0.3) is 0 Å². The summed E-state index contributed by atoms with van der Waals surface area (Å²) in [6.07, 6.45) is -6.94. The third-order valence-corrected chi connectivity index (χ3v) is 7.36. The molecule has 5 nitrogen and oxygen atoms in total. The lowest BCUT2D eigenvalue weighted by Crippen LogP contribution is -2.38. The SMILES string of the molecule is O=C(NC1CCC(CS(=O)(=O)c2cccc(C(F)(F)F)c2)CC1)c1ccc(C(F)(F)F)cn1. The van der Waals surface area contributed by atoms with Crippen molar-refractivity contribution in [3.8, 4) is 0 Å². The van der Waals surface area contributed by atoms with E-state index < -0.39 is 39.2 Å². The van der Waals surface area contributed by atoms with Gasteiger partial charge in [-0.1, -0.05) is 6.07 Å². The number of alkyl halides is 6. The van der Waals surface area contributed by atoms with Crippen LogP contribution in [-0.2, 0) is 22.2 Å². The normalized spacial score (nSPS) is 19.8. The summed E-state index contributed by atoms with van der Waals surface area (Å²) in [6, 6.07) is 5.04. The van der Waals surface area contributed by atoms with Crippen LogP contribution in [0, 0.1) is 5.92 Å². The number of aromatic nitrogens is 1. The average molecular weight is 494 g/mol. The van der Waals surface area contributed by atoms with Crippen molar-refractivity contribution < 1.29 is 39.6 Å². The van der Waals surface area contributed by atoms with Gasteiger partial charge in [0.2, 0.25) is 0 Å². The standard InChI is InChI=1S/C21H20F6N2O3S/c22-20(23,24)14-2-1-3-17(10-14)33(31,32)12-13-4-7-16(8-5-13)29-19(30)18-9-6-15(11-28-18)21(25,26)27/h1-3,6,9-11,13,16H,4-5,7-8,12H2,(H,29,30). The molecule has 0 atom stereocenters. The van der Waals surface area contributed by atoms with Crippen LogP contribution < -0.4 is 5.32 Å². The Morgan fingerprint density at radius 3 is 2.12 bits per heavy atom. The predicted octanol–water partition coefficient (Wildman–Crippen LogP) is 4.88. The van der Waals surface area contributed by atoms with Crippen molar-refractivity contribution in [1.82, 2.24) is 10.3 Å². The number of rotatable bonds is 5. The van der Waals surface area contributed by atoms with E-state index in [2.05, 4.69) is 10.3 Å². The zero-order chi connectivity index (χ0) is 24.4. The molecule has 0 saturated heterocycles. The lowest BCUT2D eigenvalue weighted by atomic mass is 9.87. The Kier molecular flexibility index (Phi) is 7.06. The van der Waals surface area contributed by atoms with Gasteiger partial charge in [0.25, 0.3) is 5.91 Å². The fourth-order valence-electron chi connectivity index (χ4n) is 3.70. The number of benzene rings is 1. The molecule has 1 aromatic carbocycles. The van der Waals surface area contributed by atoms with Crippen molar-refractivity contribution in [2.24, 2.45) is 5.92 Å². The van der Waals surface area contributed by atoms with E-state index in [-0.39, 0.29) is 28.3 Å². The molecule has 1 fully saturated rings. The van der Waals surface area contributed by atoms with Crippen molar-refractivity contribution in [1.29, 1.82) is 0 Å². The minimum atomic E-state index is -4.65. The maximum atomic E-state index is 12.9. The van der Waals surface area contributed by atoms with E-state index in [0.29, 0.717) is 37.9 Å². The first-order valence-corrected chi connectivity index (χ1v) is 11.6. The molecule has 0 bridgehead atoms. The summed E-state index contributed by atoms with van der Waals surface area (Å²) in [6.45, 7) is 0. The minimum Gasteiger partial charge on any atom is -0.348 e. The maximum Gasteiger partial charge on any atom is 0.417 e. The first kappa shape index (κ1) is 25.0. The number of nitrogens with zero attached hydrogens (tertiary/aromatic N) is 1. The highest BCUT2D eigenvalue weighted by Crippen LogP contribution is 2.32. The molecule has 2 aromatic rings. The van der Waals surface area contributed by atoms with E-state index in [1.807, 2.05) is 0 Å². The van der Waals surface area contributed by atoms with E-state index in [1.54, 1.807) is 0 Å². The number of carbonyl (C=O) groups is 1. The third kappa shape index (κ3) is 6.46. The molecule has 33 heavy (non-hydrogen) atoms. The van der Waals surface area contributed by atoms with Gasteiger partial charge in [0.05, 0.1) is 21.8 Å². The number of hydrogen-bond donors (Lipinski definition) is 1. The van der Waals surface area contributed by atoms with Crippen LogP contribution in [0.4, 0.5) is 26.3 Å². The smallest absolute Gasteiger partial charge is 0.348 e. The van der Waals surface area contributed by atoms with Gasteiger partial charge in [-0.3, -0.25) is 9.78 Å². The Morgan fingerprint density at radius 2 is 1.58 bits per heavy atom. The van der Waals surface area contributed by atoms with E-state index in [1.165, 1.54) is 0 Å². The van der Waals surface area contributed by atoms with Crippen molar-refractivity contribution >= 4 is 15.7 Å². The van der Waals surface area contributed by atoms with E-state index >= 15 is 0 Å². The van der Waals surface area contributed by atoms with Gasteiger partial charge in [-0.05, 0) is 61.9 Å². The maximum absolute atomic E-state index is 12.9. The van der Waals surface area contributed by atoms with Crippen LogP contribution in [0.5, 0.6) is 0 Å². The average Bonchev–Trinajstić information content (AvgIpc) is 2.74. The number of nitrogens with one attached hydrogen (secondary N) is 1. The van der Waals surface area contributed by atoms with Crippen molar-refractivity contribution in [3.05, 3.63) is 59.4 Å². The lowest BCUT2D eigenvalue weighted by molar-refractivity contribution is -0.138. The quantitative estimate of drug-likeness (QED) is 0.601. The summed E-state index contributed by atoms with van der Waals surface area (Å²) >= 11 is 0. The van der Waals surface area contributed by atoms with Gasteiger partial charge < -0.3 is 5.32 Å². The fourth-order valence-corrected chi connectivity index (χ4v) is 5.44. The number of pyridine rings is 1. The van der Waals surface area contributed by atoms with Crippen molar-refractivity contribution in [3.63, 3.8) is 0 Å². The van der Waals surface area contributed by atoms with E-state index in [4.69, 9.17) is 0 Å². The summed E-state index contributed by atoms with van der Waals surface area (Å²) in [7, 11) is -3.93. The highest BCUT2D eigenvalue weighted by atomic mass is 32.2. The Morgan fingerprint density at radius 1 is 0.939 bits per heavy atom.